The van der Waals surface area contributed by atoms with Crippen LogP contribution in [-0.2, 0) is 0 Å². The number of hydrogen-bond donors (Lipinski definition) is 0. The molecule has 0 radical (unpaired) electrons. The zero-order valence-corrected chi connectivity index (χ0v) is 29.8. The topological polar surface area (TPSA) is 78.1 Å². The van der Waals surface area contributed by atoms with E-state index in [0.717, 1.165) is 49.0 Å². The van der Waals surface area contributed by atoms with Gasteiger partial charge >= 0.3 is 0 Å². The van der Waals surface area contributed by atoms with Crippen molar-refractivity contribution < 1.29 is 18.7 Å². The number of rotatable bonds is 3. The van der Waals surface area contributed by atoms with Crippen molar-refractivity contribution in [3.8, 4) is 34.2 Å². The molecule has 13 aromatic rings. The molecule has 13 rings (SSSR count). The minimum absolute atomic E-state index is 0.227. The lowest BCUT2D eigenvalue weighted by Crippen LogP contribution is -2.01. The van der Waals surface area contributed by atoms with Crippen LogP contribution in [0.5, 0.6) is 0 Å². The summed E-state index contributed by atoms with van der Waals surface area (Å²) >= 11 is 0. The smallest absolute Gasteiger partial charge is 0.164 e. The SMILES string of the molecule is [2H]c1cccc2c1oc1c3c([2H])cccc3cc(-c3nc(-c4cc5ccccc5c5oc6ccccc6c45)nc(-c4cc5cccc([2H])c5c5oc6c([2H])cccc6c45)n3)c21. The summed E-state index contributed by atoms with van der Waals surface area (Å²) in [5.41, 5.74) is 5.26. The molecule has 9 aromatic carbocycles. The second-order valence-electron chi connectivity index (χ2n) is 14.3. The van der Waals surface area contributed by atoms with E-state index in [1.807, 2.05) is 97.1 Å². The summed E-state index contributed by atoms with van der Waals surface area (Å²) in [5, 5.41) is 9.27. The Morgan fingerprint density at radius 2 is 0.684 bits per heavy atom. The molecule has 0 aliphatic heterocycles. The zero-order valence-electron chi connectivity index (χ0n) is 33.8. The highest BCUT2D eigenvalue weighted by molar-refractivity contribution is 6.24. The average molecular weight is 734 g/mol. The highest BCUT2D eigenvalue weighted by Crippen LogP contribution is 2.45. The van der Waals surface area contributed by atoms with E-state index in [1.165, 1.54) is 0 Å². The minimum atomic E-state index is 0.227. The predicted octanol–water partition coefficient (Wildman–Crippen LogP) is 14.0. The van der Waals surface area contributed by atoms with E-state index < -0.39 is 0 Å². The van der Waals surface area contributed by atoms with Crippen LogP contribution in [0.2, 0.25) is 0 Å². The molecule has 4 aromatic heterocycles. The molecule has 6 heteroatoms. The van der Waals surface area contributed by atoms with Crippen molar-refractivity contribution in [2.45, 2.75) is 0 Å². The van der Waals surface area contributed by atoms with E-state index in [4.69, 9.17) is 33.7 Å². The van der Waals surface area contributed by atoms with Crippen LogP contribution in [0.3, 0.4) is 0 Å². The summed E-state index contributed by atoms with van der Waals surface area (Å²) in [5.74, 6) is 1.10. The van der Waals surface area contributed by atoms with Crippen molar-refractivity contribution in [3.05, 3.63) is 164 Å². The number of fused-ring (bicyclic) bond motifs is 15. The first-order valence-electron chi connectivity index (χ1n) is 20.7. The average Bonchev–Trinajstić information content (AvgIpc) is 3.99. The van der Waals surface area contributed by atoms with Crippen molar-refractivity contribution in [2.24, 2.45) is 0 Å². The lowest BCUT2D eigenvalue weighted by molar-refractivity contribution is 0.672. The predicted molar refractivity (Wildman–Crippen MR) is 230 cm³/mol. The van der Waals surface area contributed by atoms with E-state index in [2.05, 4.69) is 18.2 Å². The van der Waals surface area contributed by atoms with Gasteiger partial charge in [0.25, 0.3) is 0 Å². The van der Waals surface area contributed by atoms with E-state index in [-0.39, 0.29) is 12.1 Å². The van der Waals surface area contributed by atoms with Gasteiger partial charge in [0.2, 0.25) is 0 Å². The Balaban J connectivity index is 1.23. The van der Waals surface area contributed by atoms with Crippen LogP contribution in [0.4, 0.5) is 0 Å². The molecule has 0 bridgehead atoms. The summed E-state index contributed by atoms with van der Waals surface area (Å²) in [4.78, 5) is 16.1. The number of nitrogens with zero attached hydrogens (tertiary/aromatic N) is 3. The van der Waals surface area contributed by atoms with Gasteiger partial charge in [-0.25, -0.2) is 15.0 Å². The van der Waals surface area contributed by atoms with Crippen LogP contribution >= 0.6 is 0 Å². The molecule has 0 amide bonds. The molecular weight excluding hydrogens is 703 g/mol. The quantitative estimate of drug-likeness (QED) is 0.180. The van der Waals surface area contributed by atoms with Gasteiger partial charge in [-0.1, -0.05) is 127 Å². The molecule has 57 heavy (non-hydrogen) atoms. The maximum atomic E-state index is 8.97. The summed E-state index contributed by atoms with van der Waals surface area (Å²) in [6.07, 6.45) is 0. The third-order valence-electron chi connectivity index (χ3n) is 11.1. The summed E-state index contributed by atoms with van der Waals surface area (Å²) in [6, 6.07) is 45.2. The molecule has 0 aliphatic rings. The Morgan fingerprint density at radius 3 is 1.21 bits per heavy atom. The molecule has 0 fully saturated rings. The molecular formula is C51H27N3O3. The molecule has 0 atom stereocenters. The van der Waals surface area contributed by atoms with Crippen LogP contribution in [0, 0.1) is 0 Å². The molecule has 0 saturated carbocycles. The van der Waals surface area contributed by atoms with E-state index >= 15 is 0 Å². The monoisotopic (exact) mass is 733 g/mol. The lowest BCUT2D eigenvalue weighted by Gasteiger charge is -2.13. The Morgan fingerprint density at radius 1 is 0.333 bits per heavy atom. The minimum Gasteiger partial charge on any atom is -0.455 e. The summed E-state index contributed by atoms with van der Waals surface area (Å²) < 4.78 is 55.3. The molecule has 0 unspecified atom stereocenters. The van der Waals surface area contributed by atoms with E-state index in [1.54, 1.807) is 24.3 Å². The maximum absolute atomic E-state index is 8.97. The number of hydrogen-bond acceptors (Lipinski definition) is 6. The highest BCUT2D eigenvalue weighted by atomic mass is 16.3. The van der Waals surface area contributed by atoms with Crippen LogP contribution < -0.4 is 0 Å². The van der Waals surface area contributed by atoms with E-state index in [0.29, 0.717) is 95.3 Å². The van der Waals surface area contributed by atoms with Gasteiger partial charge in [-0.05, 0) is 52.5 Å². The van der Waals surface area contributed by atoms with Gasteiger partial charge in [0.1, 0.15) is 33.5 Å². The third-order valence-corrected chi connectivity index (χ3v) is 11.1. The van der Waals surface area contributed by atoms with Gasteiger partial charge in [0.15, 0.2) is 17.5 Å². The van der Waals surface area contributed by atoms with E-state index in [9.17, 15) is 0 Å². The fraction of sp³-hybridized carbons (Fsp3) is 0. The lowest BCUT2D eigenvalue weighted by atomic mass is 9.97. The van der Waals surface area contributed by atoms with Gasteiger partial charge in [-0.3, -0.25) is 0 Å². The van der Waals surface area contributed by atoms with Crippen LogP contribution in [-0.4, -0.2) is 15.0 Å². The number of furan rings is 3. The van der Waals surface area contributed by atoms with Crippen LogP contribution in [0.1, 0.15) is 5.48 Å². The summed E-state index contributed by atoms with van der Waals surface area (Å²) in [7, 11) is 0. The second-order valence-corrected chi connectivity index (χ2v) is 14.3. The first-order chi connectivity index (χ1) is 29.9. The van der Waals surface area contributed by atoms with Crippen molar-refractivity contribution >= 4 is 98.1 Å². The molecule has 0 saturated heterocycles. The highest BCUT2D eigenvalue weighted by Gasteiger charge is 2.25. The van der Waals surface area contributed by atoms with Crippen LogP contribution in [0.25, 0.3) is 132 Å². The Labute approximate surface area is 328 Å². The van der Waals surface area contributed by atoms with Crippen molar-refractivity contribution in [2.75, 3.05) is 0 Å². The number of para-hydroxylation sites is 3. The zero-order chi connectivity index (χ0) is 40.7. The number of aromatic nitrogens is 3. The Bertz CT molecular complexity index is 3890. The fourth-order valence-corrected chi connectivity index (χ4v) is 8.66. The summed E-state index contributed by atoms with van der Waals surface area (Å²) in [6.45, 7) is 0. The van der Waals surface area contributed by atoms with Crippen molar-refractivity contribution in [3.63, 3.8) is 0 Å². The van der Waals surface area contributed by atoms with Gasteiger partial charge in [0, 0.05) is 65.2 Å². The molecule has 0 aliphatic carbocycles. The van der Waals surface area contributed by atoms with Crippen molar-refractivity contribution in [1.82, 2.24) is 15.0 Å². The Hall–Kier alpha value is -7.83. The third kappa shape index (κ3) is 4.32. The Kier molecular flexibility index (Phi) is 5.35. The van der Waals surface area contributed by atoms with Gasteiger partial charge < -0.3 is 13.3 Å². The largest absolute Gasteiger partial charge is 0.455 e. The van der Waals surface area contributed by atoms with Crippen LogP contribution in [0.15, 0.2) is 177 Å². The second kappa shape index (κ2) is 11.4. The first-order valence-corrected chi connectivity index (χ1v) is 18.7. The van der Waals surface area contributed by atoms with Gasteiger partial charge in [-0.15, -0.1) is 0 Å². The molecule has 4 heterocycles. The normalized spacial score (nSPS) is 13.2. The number of benzene rings is 9. The standard InChI is InChI=1S/C51H27N3O3/c1-4-16-31-28(13-1)25-37(43-34-19-7-10-22-40(34)55-46(31)43)49-52-50(38-26-29-14-2-5-17-32(29)47-44(38)35-20-8-11-23-41(35)56-47)54-51(53-49)39-27-30-15-3-6-18-33(30)48-45(39)36-21-9-12-24-42(36)57-48/h1-27H/i16D,17D,22D,23D. The molecule has 0 spiro atoms. The maximum Gasteiger partial charge on any atom is 0.164 e. The molecule has 264 valence electrons. The first kappa shape index (κ1) is 26.9. The fourth-order valence-electron chi connectivity index (χ4n) is 8.66. The molecule has 0 N–H and O–H groups in total. The molecule has 6 nitrogen and oxygen atoms in total. The van der Waals surface area contributed by atoms with Crippen molar-refractivity contribution in [1.29, 1.82) is 0 Å². The van der Waals surface area contributed by atoms with Gasteiger partial charge in [-0.2, -0.15) is 0 Å². The van der Waals surface area contributed by atoms with Gasteiger partial charge in [0.05, 0.1) is 5.48 Å².